The highest BCUT2D eigenvalue weighted by Gasteiger charge is 2.25. The lowest BCUT2D eigenvalue weighted by Crippen LogP contribution is -2.09. The van der Waals surface area contributed by atoms with Gasteiger partial charge in [-0.15, -0.1) is 5.10 Å². The Hall–Kier alpha value is -0.940. The molecular weight excluding hydrogens is 204 g/mol. The predicted octanol–water partition coefficient (Wildman–Crippen LogP) is 0.462. The van der Waals surface area contributed by atoms with Gasteiger partial charge in [-0.3, -0.25) is 0 Å². The van der Waals surface area contributed by atoms with E-state index in [9.17, 15) is 0 Å². The van der Waals surface area contributed by atoms with Gasteiger partial charge in [0.25, 0.3) is 0 Å². The zero-order chi connectivity index (χ0) is 11.4. The quantitative estimate of drug-likeness (QED) is 0.660. The van der Waals surface area contributed by atoms with Crippen molar-refractivity contribution in [3.05, 3.63) is 11.4 Å². The fourth-order valence-electron chi connectivity index (χ4n) is 1.90. The molecule has 0 atom stereocenters. The number of hydrogen-bond donors (Lipinski definition) is 2. The number of aliphatic hydroxyl groups excluding tert-OH is 1. The fourth-order valence-corrected chi connectivity index (χ4v) is 1.90. The Morgan fingerprint density at radius 3 is 2.81 bits per heavy atom. The summed E-state index contributed by atoms with van der Waals surface area (Å²) in [4.78, 5) is 0. The molecule has 5 heteroatoms. The first-order valence-corrected chi connectivity index (χ1v) is 6.07. The minimum absolute atomic E-state index is 0.246. The maximum Gasteiger partial charge on any atom is 0.0994 e. The number of nitrogens with zero attached hydrogens (tertiary/aromatic N) is 3. The third kappa shape index (κ3) is 2.80. The van der Waals surface area contributed by atoms with Crippen molar-refractivity contribution >= 4 is 0 Å². The molecule has 0 spiro atoms. The number of nitrogens with two attached hydrogens (primary N) is 1. The summed E-state index contributed by atoms with van der Waals surface area (Å²) in [5.74, 6) is 0.820. The molecule has 0 saturated heterocycles. The summed E-state index contributed by atoms with van der Waals surface area (Å²) in [6, 6.07) is 0. The van der Waals surface area contributed by atoms with Crippen LogP contribution < -0.4 is 5.73 Å². The van der Waals surface area contributed by atoms with Gasteiger partial charge in [-0.1, -0.05) is 5.21 Å². The second kappa shape index (κ2) is 5.41. The van der Waals surface area contributed by atoms with Crippen LogP contribution in [0.25, 0.3) is 0 Å². The topological polar surface area (TPSA) is 77.0 Å². The number of aromatic nitrogens is 3. The van der Waals surface area contributed by atoms with Gasteiger partial charge in [0.15, 0.2) is 0 Å². The summed E-state index contributed by atoms with van der Waals surface area (Å²) >= 11 is 0. The molecule has 1 aromatic rings. The van der Waals surface area contributed by atoms with Crippen LogP contribution in [0, 0.1) is 5.92 Å². The molecule has 2 rings (SSSR count). The third-order valence-corrected chi connectivity index (χ3v) is 3.07. The summed E-state index contributed by atoms with van der Waals surface area (Å²) in [7, 11) is 0. The Kier molecular flexibility index (Phi) is 3.90. The van der Waals surface area contributed by atoms with E-state index < -0.39 is 0 Å². The Morgan fingerprint density at radius 1 is 1.38 bits per heavy atom. The van der Waals surface area contributed by atoms with Crippen LogP contribution in [0.1, 0.15) is 37.1 Å². The van der Waals surface area contributed by atoms with Gasteiger partial charge in [-0.2, -0.15) is 0 Å². The SMILES string of the molecule is NCc1nnn(CCCCO)c1CC1CC1. The van der Waals surface area contributed by atoms with Gasteiger partial charge in [-0.05, 0) is 38.0 Å². The summed E-state index contributed by atoms with van der Waals surface area (Å²) in [5.41, 5.74) is 7.81. The zero-order valence-electron chi connectivity index (χ0n) is 9.60. The maximum absolute atomic E-state index is 8.76. The lowest BCUT2D eigenvalue weighted by Gasteiger charge is -2.06. The van der Waals surface area contributed by atoms with E-state index in [1.807, 2.05) is 4.68 Å². The largest absolute Gasteiger partial charge is 0.396 e. The smallest absolute Gasteiger partial charge is 0.0994 e. The molecule has 1 heterocycles. The Labute approximate surface area is 95.6 Å². The number of aliphatic hydroxyl groups is 1. The summed E-state index contributed by atoms with van der Waals surface area (Å²) in [6.45, 7) is 1.56. The first-order chi connectivity index (χ1) is 7.85. The standard InChI is InChI=1S/C11H20N4O/c12-8-10-11(7-9-3-4-9)15(14-13-10)5-1-2-6-16/h9,16H,1-8,12H2. The van der Waals surface area contributed by atoms with E-state index in [1.165, 1.54) is 18.5 Å². The van der Waals surface area contributed by atoms with Crippen LogP contribution in [0.5, 0.6) is 0 Å². The van der Waals surface area contributed by atoms with Crippen molar-refractivity contribution in [2.24, 2.45) is 11.7 Å². The molecule has 1 aliphatic rings. The molecule has 3 N–H and O–H groups in total. The van der Waals surface area contributed by atoms with Crippen molar-refractivity contribution in [1.82, 2.24) is 15.0 Å². The molecule has 1 aliphatic carbocycles. The molecule has 0 bridgehead atoms. The molecule has 16 heavy (non-hydrogen) atoms. The van der Waals surface area contributed by atoms with Gasteiger partial charge >= 0.3 is 0 Å². The van der Waals surface area contributed by atoms with Gasteiger partial charge in [-0.25, -0.2) is 4.68 Å². The maximum atomic E-state index is 8.76. The van der Waals surface area contributed by atoms with E-state index in [0.29, 0.717) is 6.54 Å². The van der Waals surface area contributed by atoms with E-state index in [-0.39, 0.29) is 6.61 Å². The average molecular weight is 224 g/mol. The summed E-state index contributed by atoms with van der Waals surface area (Å²) in [6.07, 6.45) is 5.48. The lowest BCUT2D eigenvalue weighted by atomic mass is 10.1. The van der Waals surface area contributed by atoms with Crippen LogP contribution in [0.3, 0.4) is 0 Å². The van der Waals surface area contributed by atoms with Crippen LogP contribution in [0.15, 0.2) is 0 Å². The number of aryl methyl sites for hydroxylation is 1. The number of unbranched alkanes of at least 4 members (excludes halogenated alkanes) is 1. The fraction of sp³-hybridized carbons (Fsp3) is 0.818. The predicted molar refractivity (Wildman–Crippen MR) is 60.7 cm³/mol. The molecule has 0 unspecified atom stereocenters. The van der Waals surface area contributed by atoms with Gasteiger partial charge in [0.05, 0.1) is 11.4 Å². The van der Waals surface area contributed by atoms with Crippen molar-refractivity contribution in [1.29, 1.82) is 0 Å². The first-order valence-electron chi connectivity index (χ1n) is 6.07. The average Bonchev–Trinajstić information content (AvgIpc) is 3.02. The molecule has 1 fully saturated rings. The van der Waals surface area contributed by atoms with Crippen molar-refractivity contribution in [3.8, 4) is 0 Å². The molecular formula is C11H20N4O. The van der Waals surface area contributed by atoms with Gasteiger partial charge < -0.3 is 10.8 Å². The molecule has 5 nitrogen and oxygen atoms in total. The van der Waals surface area contributed by atoms with Gasteiger partial charge in [0.1, 0.15) is 0 Å². The Bertz CT molecular complexity index is 333. The van der Waals surface area contributed by atoms with Crippen molar-refractivity contribution in [2.45, 2.75) is 45.2 Å². The summed E-state index contributed by atoms with van der Waals surface area (Å²) < 4.78 is 1.97. The molecule has 1 aromatic heterocycles. The number of rotatable bonds is 7. The molecule has 0 aromatic carbocycles. The Morgan fingerprint density at radius 2 is 2.19 bits per heavy atom. The van der Waals surface area contributed by atoms with E-state index in [2.05, 4.69) is 10.3 Å². The summed E-state index contributed by atoms with van der Waals surface area (Å²) in [5, 5.41) is 17.0. The molecule has 0 amide bonds. The molecule has 0 radical (unpaired) electrons. The molecule has 1 saturated carbocycles. The van der Waals surface area contributed by atoms with Crippen LogP contribution in [-0.2, 0) is 19.5 Å². The van der Waals surface area contributed by atoms with Crippen LogP contribution >= 0.6 is 0 Å². The highest BCUT2D eigenvalue weighted by Crippen LogP contribution is 2.33. The van der Waals surface area contributed by atoms with E-state index in [4.69, 9.17) is 10.8 Å². The first kappa shape index (κ1) is 11.5. The van der Waals surface area contributed by atoms with Crippen molar-refractivity contribution < 1.29 is 5.11 Å². The monoisotopic (exact) mass is 224 g/mol. The minimum atomic E-state index is 0.246. The van der Waals surface area contributed by atoms with E-state index in [1.54, 1.807) is 0 Å². The van der Waals surface area contributed by atoms with Gasteiger partial charge in [0.2, 0.25) is 0 Å². The zero-order valence-corrected chi connectivity index (χ0v) is 9.60. The third-order valence-electron chi connectivity index (χ3n) is 3.07. The highest BCUT2D eigenvalue weighted by atomic mass is 16.2. The van der Waals surface area contributed by atoms with Crippen LogP contribution in [-0.4, -0.2) is 26.7 Å². The van der Waals surface area contributed by atoms with Crippen molar-refractivity contribution in [2.75, 3.05) is 6.61 Å². The molecule has 90 valence electrons. The van der Waals surface area contributed by atoms with Crippen molar-refractivity contribution in [3.63, 3.8) is 0 Å². The Balaban J connectivity index is 2.00. The van der Waals surface area contributed by atoms with E-state index >= 15 is 0 Å². The normalized spacial score (nSPS) is 15.6. The second-order valence-electron chi connectivity index (χ2n) is 4.49. The highest BCUT2D eigenvalue weighted by molar-refractivity contribution is 5.12. The second-order valence-corrected chi connectivity index (χ2v) is 4.49. The lowest BCUT2D eigenvalue weighted by molar-refractivity contribution is 0.279. The number of hydrogen-bond acceptors (Lipinski definition) is 4. The molecule has 0 aliphatic heterocycles. The van der Waals surface area contributed by atoms with E-state index in [0.717, 1.165) is 37.4 Å². The van der Waals surface area contributed by atoms with Gasteiger partial charge in [0, 0.05) is 19.7 Å². The van der Waals surface area contributed by atoms with Crippen LogP contribution in [0.2, 0.25) is 0 Å². The van der Waals surface area contributed by atoms with Crippen LogP contribution in [0.4, 0.5) is 0 Å². The minimum Gasteiger partial charge on any atom is -0.396 e.